The summed E-state index contributed by atoms with van der Waals surface area (Å²) in [5.74, 6) is 0.169. The third-order valence-corrected chi connectivity index (χ3v) is 5.53. The van der Waals surface area contributed by atoms with Gasteiger partial charge in [-0.05, 0) is 36.8 Å². The van der Waals surface area contributed by atoms with Crippen molar-refractivity contribution in [3.05, 3.63) is 65.3 Å². The third kappa shape index (κ3) is 3.60. The lowest BCUT2D eigenvalue weighted by molar-refractivity contribution is 0.269. The molecule has 0 radical (unpaired) electrons. The van der Waals surface area contributed by atoms with Crippen molar-refractivity contribution in [1.82, 2.24) is 9.78 Å². The SMILES string of the molecule is CCn1nc(NS(=O)(=O)c2ccccc2)c(-c2ccc(Cl)cc2)c1CO. The molecule has 1 aromatic heterocycles. The van der Waals surface area contributed by atoms with Crippen LogP contribution in [0.2, 0.25) is 5.02 Å². The van der Waals surface area contributed by atoms with Crippen molar-refractivity contribution in [3.63, 3.8) is 0 Å². The number of anilines is 1. The highest BCUT2D eigenvalue weighted by atomic mass is 35.5. The van der Waals surface area contributed by atoms with E-state index in [9.17, 15) is 13.5 Å². The standard InChI is InChI=1S/C18H18ClN3O3S/c1-2-22-16(12-23)17(13-8-10-14(19)11-9-13)18(20-22)21-26(24,25)15-6-4-3-5-7-15/h3-11,23H,2,12H2,1H3,(H,20,21). The van der Waals surface area contributed by atoms with E-state index in [-0.39, 0.29) is 17.3 Å². The summed E-state index contributed by atoms with van der Waals surface area (Å²) in [5.41, 5.74) is 1.77. The number of halogens is 1. The van der Waals surface area contributed by atoms with Crippen LogP contribution < -0.4 is 4.72 Å². The second kappa shape index (κ2) is 7.49. The predicted molar refractivity (Wildman–Crippen MR) is 102 cm³/mol. The number of sulfonamides is 1. The quantitative estimate of drug-likeness (QED) is 0.673. The van der Waals surface area contributed by atoms with E-state index in [0.717, 1.165) is 0 Å². The Balaban J connectivity index is 2.12. The molecule has 0 aliphatic carbocycles. The molecule has 2 aromatic carbocycles. The van der Waals surface area contributed by atoms with Crippen molar-refractivity contribution in [1.29, 1.82) is 0 Å². The minimum atomic E-state index is -3.81. The van der Waals surface area contributed by atoms with Crippen LogP contribution in [-0.4, -0.2) is 23.3 Å². The van der Waals surface area contributed by atoms with Crippen molar-refractivity contribution >= 4 is 27.4 Å². The van der Waals surface area contributed by atoms with Crippen LogP contribution in [0.3, 0.4) is 0 Å². The lowest BCUT2D eigenvalue weighted by Crippen LogP contribution is -2.14. The topological polar surface area (TPSA) is 84.2 Å². The fourth-order valence-electron chi connectivity index (χ4n) is 2.70. The molecule has 136 valence electrons. The Bertz CT molecular complexity index is 1000. The summed E-state index contributed by atoms with van der Waals surface area (Å²) in [7, 11) is -3.81. The van der Waals surface area contributed by atoms with Crippen LogP contribution in [0, 0.1) is 0 Å². The van der Waals surface area contributed by atoms with E-state index in [1.54, 1.807) is 47.1 Å². The van der Waals surface area contributed by atoms with E-state index in [2.05, 4.69) is 9.82 Å². The minimum Gasteiger partial charge on any atom is -0.390 e. The van der Waals surface area contributed by atoms with Gasteiger partial charge < -0.3 is 5.11 Å². The number of hydrogen-bond acceptors (Lipinski definition) is 4. The zero-order valence-electron chi connectivity index (χ0n) is 14.1. The lowest BCUT2D eigenvalue weighted by Gasteiger charge is -2.09. The van der Waals surface area contributed by atoms with Crippen LogP contribution in [0.25, 0.3) is 11.1 Å². The molecule has 0 amide bonds. The second-order valence-corrected chi connectivity index (χ2v) is 7.69. The normalized spacial score (nSPS) is 11.5. The van der Waals surface area contributed by atoms with Crippen LogP contribution in [0.15, 0.2) is 59.5 Å². The molecule has 2 N–H and O–H groups in total. The highest BCUT2D eigenvalue weighted by Crippen LogP contribution is 2.33. The summed E-state index contributed by atoms with van der Waals surface area (Å²) in [6.07, 6.45) is 0. The predicted octanol–water partition coefficient (Wildman–Crippen LogP) is 3.52. The summed E-state index contributed by atoms with van der Waals surface area (Å²) in [4.78, 5) is 0.138. The molecule has 1 heterocycles. The number of rotatable bonds is 6. The molecule has 0 spiro atoms. The molecule has 0 atom stereocenters. The number of aromatic nitrogens is 2. The summed E-state index contributed by atoms with van der Waals surface area (Å²) >= 11 is 5.95. The van der Waals surface area contributed by atoms with Crippen molar-refractivity contribution < 1.29 is 13.5 Å². The molecular weight excluding hydrogens is 374 g/mol. The average Bonchev–Trinajstić information content (AvgIpc) is 2.99. The molecule has 26 heavy (non-hydrogen) atoms. The third-order valence-electron chi connectivity index (χ3n) is 3.92. The van der Waals surface area contributed by atoms with Gasteiger partial charge in [-0.25, -0.2) is 8.42 Å². The Kier molecular flexibility index (Phi) is 5.31. The largest absolute Gasteiger partial charge is 0.390 e. The maximum absolute atomic E-state index is 12.7. The minimum absolute atomic E-state index is 0.138. The summed E-state index contributed by atoms with van der Waals surface area (Å²) in [6, 6.07) is 15.0. The monoisotopic (exact) mass is 391 g/mol. The van der Waals surface area contributed by atoms with Gasteiger partial charge in [0, 0.05) is 11.6 Å². The molecule has 0 saturated carbocycles. The molecule has 3 aromatic rings. The van der Waals surface area contributed by atoms with Gasteiger partial charge in [0.25, 0.3) is 10.0 Å². The van der Waals surface area contributed by atoms with E-state index >= 15 is 0 Å². The molecule has 3 rings (SSSR count). The molecule has 6 nitrogen and oxygen atoms in total. The van der Waals surface area contributed by atoms with Gasteiger partial charge in [0.2, 0.25) is 0 Å². The van der Waals surface area contributed by atoms with Gasteiger partial charge in [0.05, 0.1) is 22.8 Å². The van der Waals surface area contributed by atoms with Gasteiger partial charge in [-0.2, -0.15) is 5.10 Å². The second-order valence-electron chi connectivity index (χ2n) is 5.57. The number of aliphatic hydroxyl groups excluding tert-OH is 1. The Labute approximate surface area is 157 Å². The van der Waals surface area contributed by atoms with Gasteiger partial charge in [-0.15, -0.1) is 0 Å². The maximum atomic E-state index is 12.7. The zero-order chi connectivity index (χ0) is 18.7. The van der Waals surface area contributed by atoms with Crippen LogP contribution in [0.5, 0.6) is 0 Å². The van der Waals surface area contributed by atoms with Crippen LogP contribution >= 0.6 is 11.6 Å². The Morgan fingerprint density at radius 1 is 1.12 bits per heavy atom. The Morgan fingerprint density at radius 3 is 2.35 bits per heavy atom. The maximum Gasteiger partial charge on any atom is 0.263 e. The van der Waals surface area contributed by atoms with Crippen LogP contribution in [-0.2, 0) is 23.2 Å². The molecule has 0 saturated heterocycles. The molecule has 0 fully saturated rings. The van der Waals surface area contributed by atoms with Gasteiger partial charge >= 0.3 is 0 Å². The van der Waals surface area contributed by atoms with Gasteiger partial charge in [-0.1, -0.05) is 41.9 Å². The van der Waals surface area contributed by atoms with Crippen LogP contribution in [0.4, 0.5) is 5.82 Å². The molecule has 0 unspecified atom stereocenters. The number of nitrogens with one attached hydrogen (secondary N) is 1. The molecular formula is C18H18ClN3O3S. The number of benzene rings is 2. The molecule has 0 bridgehead atoms. The van der Waals surface area contributed by atoms with Crippen molar-refractivity contribution in [2.45, 2.75) is 25.0 Å². The first-order chi connectivity index (χ1) is 12.5. The average molecular weight is 392 g/mol. The molecule has 0 aliphatic heterocycles. The lowest BCUT2D eigenvalue weighted by atomic mass is 10.1. The summed E-state index contributed by atoms with van der Waals surface area (Å²) in [5, 5.41) is 14.7. The van der Waals surface area contributed by atoms with Gasteiger partial charge in [0.15, 0.2) is 5.82 Å². The van der Waals surface area contributed by atoms with Crippen LogP contribution in [0.1, 0.15) is 12.6 Å². The highest BCUT2D eigenvalue weighted by molar-refractivity contribution is 7.92. The molecule has 8 heteroatoms. The van der Waals surface area contributed by atoms with Crippen molar-refractivity contribution in [3.8, 4) is 11.1 Å². The Hall–Kier alpha value is -2.35. The van der Waals surface area contributed by atoms with Crippen molar-refractivity contribution in [2.75, 3.05) is 4.72 Å². The molecule has 0 aliphatic rings. The van der Waals surface area contributed by atoms with Crippen molar-refractivity contribution in [2.24, 2.45) is 0 Å². The summed E-state index contributed by atoms with van der Waals surface area (Å²) in [6.45, 7) is 2.09. The first-order valence-corrected chi connectivity index (χ1v) is 9.86. The van der Waals surface area contributed by atoms with E-state index in [4.69, 9.17) is 11.6 Å². The fraction of sp³-hybridized carbons (Fsp3) is 0.167. The number of hydrogen-bond donors (Lipinski definition) is 2. The number of nitrogens with zero attached hydrogens (tertiary/aromatic N) is 2. The van der Waals surface area contributed by atoms with E-state index in [0.29, 0.717) is 28.4 Å². The first-order valence-electron chi connectivity index (χ1n) is 8.00. The van der Waals surface area contributed by atoms with E-state index in [1.807, 2.05) is 6.92 Å². The number of aliphatic hydroxyl groups is 1. The number of aryl methyl sites for hydroxylation is 1. The van der Waals surface area contributed by atoms with Gasteiger partial charge in [-0.3, -0.25) is 9.40 Å². The summed E-state index contributed by atoms with van der Waals surface area (Å²) < 4.78 is 29.5. The highest BCUT2D eigenvalue weighted by Gasteiger charge is 2.23. The first kappa shape index (κ1) is 18.4. The fourth-order valence-corrected chi connectivity index (χ4v) is 3.85. The smallest absolute Gasteiger partial charge is 0.263 e. The van der Waals surface area contributed by atoms with E-state index in [1.165, 1.54) is 12.1 Å². The Morgan fingerprint density at radius 2 is 1.77 bits per heavy atom. The van der Waals surface area contributed by atoms with Gasteiger partial charge in [0.1, 0.15) is 0 Å². The zero-order valence-corrected chi connectivity index (χ0v) is 15.6. The van der Waals surface area contributed by atoms with E-state index < -0.39 is 10.0 Å².